The maximum atomic E-state index is 5.97. The van der Waals surface area contributed by atoms with Gasteiger partial charge in [0.25, 0.3) is 0 Å². The van der Waals surface area contributed by atoms with Gasteiger partial charge >= 0.3 is 0 Å². The minimum Gasteiger partial charge on any atom is -0.489 e. The number of hydrogen-bond acceptors (Lipinski definition) is 5. The quantitative estimate of drug-likeness (QED) is 0.279. The zero-order valence-electron chi connectivity index (χ0n) is 19.5. The molecule has 0 fully saturated rings. The SMILES string of the molecule is c1ccc(COc2ccc(-c3nc4ccccn4c3-c3ccnc(Nc4ccccc4)n3)cc2)cc1. The van der Waals surface area contributed by atoms with Gasteiger partial charge in [0.15, 0.2) is 0 Å². The van der Waals surface area contributed by atoms with Crippen LogP contribution in [0.2, 0.25) is 0 Å². The van der Waals surface area contributed by atoms with E-state index in [4.69, 9.17) is 14.7 Å². The highest BCUT2D eigenvalue weighted by molar-refractivity contribution is 5.81. The number of para-hydroxylation sites is 1. The van der Waals surface area contributed by atoms with Gasteiger partial charge in [0.1, 0.15) is 18.0 Å². The van der Waals surface area contributed by atoms with Crippen molar-refractivity contribution in [3.8, 4) is 28.4 Å². The Balaban J connectivity index is 1.34. The Kier molecular flexibility index (Phi) is 5.82. The van der Waals surface area contributed by atoms with E-state index in [-0.39, 0.29) is 0 Å². The molecule has 0 bridgehead atoms. The molecular formula is C30H23N5O. The van der Waals surface area contributed by atoms with Crippen molar-refractivity contribution in [1.29, 1.82) is 0 Å². The maximum absolute atomic E-state index is 5.97. The Morgan fingerprint density at radius 1 is 0.722 bits per heavy atom. The van der Waals surface area contributed by atoms with Crippen molar-refractivity contribution in [2.45, 2.75) is 6.61 Å². The molecule has 0 spiro atoms. The topological polar surface area (TPSA) is 64.3 Å². The molecule has 6 rings (SSSR count). The molecule has 174 valence electrons. The first kappa shape index (κ1) is 21.6. The second-order valence-corrected chi connectivity index (χ2v) is 8.29. The van der Waals surface area contributed by atoms with Crippen LogP contribution in [-0.4, -0.2) is 19.4 Å². The van der Waals surface area contributed by atoms with Gasteiger partial charge in [0.2, 0.25) is 5.95 Å². The summed E-state index contributed by atoms with van der Waals surface area (Å²) in [5, 5.41) is 3.28. The average Bonchev–Trinajstić information content (AvgIpc) is 3.33. The fraction of sp³-hybridized carbons (Fsp3) is 0.0333. The Bertz CT molecular complexity index is 1600. The molecule has 3 heterocycles. The number of nitrogens with zero attached hydrogens (tertiary/aromatic N) is 4. The molecule has 0 aliphatic carbocycles. The van der Waals surface area contributed by atoms with Crippen molar-refractivity contribution in [3.05, 3.63) is 127 Å². The zero-order valence-corrected chi connectivity index (χ0v) is 19.5. The molecule has 0 aliphatic rings. The van der Waals surface area contributed by atoms with Gasteiger partial charge in [-0.3, -0.25) is 4.40 Å². The van der Waals surface area contributed by atoms with E-state index >= 15 is 0 Å². The molecule has 36 heavy (non-hydrogen) atoms. The molecule has 0 amide bonds. The number of pyridine rings is 1. The summed E-state index contributed by atoms with van der Waals surface area (Å²) in [5.74, 6) is 1.34. The average molecular weight is 470 g/mol. The predicted octanol–water partition coefficient (Wildman–Crippen LogP) is 6.78. The molecule has 6 heteroatoms. The normalized spacial score (nSPS) is 10.9. The van der Waals surface area contributed by atoms with Crippen LogP contribution >= 0.6 is 0 Å². The lowest BCUT2D eigenvalue weighted by Crippen LogP contribution is -1.99. The van der Waals surface area contributed by atoms with Crippen molar-refractivity contribution < 1.29 is 4.74 Å². The molecule has 0 aliphatic heterocycles. The summed E-state index contributed by atoms with van der Waals surface area (Å²) in [5.41, 5.74) is 6.43. The van der Waals surface area contributed by atoms with Crippen molar-refractivity contribution in [3.63, 3.8) is 0 Å². The zero-order chi connectivity index (χ0) is 24.2. The van der Waals surface area contributed by atoms with Gasteiger partial charge in [0.05, 0.1) is 17.1 Å². The van der Waals surface area contributed by atoms with Gasteiger partial charge in [-0.2, -0.15) is 0 Å². The van der Waals surface area contributed by atoms with Crippen molar-refractivity contribution in [2.24, 2.45) is 0 Å². The lowest BCUT2D eigenvalue weighted by molar-refractivity contribution is 0.306. The Hall–Kier alpha value is -4.97. The summed E-state index contributed by atoms with van der Waals surface area (Å²) in [6.07, 6.45) is 3.77. The van der Waals surface area contributed by atoms with Crippen LogP contribution in [0.15, 0.2) is 122 Å². The number of fused-ring (bicyclic) bond motifs is 1. The molecule has 0 saturated carbocycles. The largest absolute Gasteiger partial charge is 0.489 e. The summed E-state index contributed by atoms with van der Waals surface area (Å²) in [4.78, 5) is 14.2. The van der Waals surface area contributed by atoms with E-state index in [0.29, 0.717) is 12.6 Å². The number of hydrogen-bond donors (Lipinski definition) is 1. The second-order valence-electron chi connectivity index (χ2n) is 8.29. The van der Waals surface area contributed by atoms with Crippen LogP contribution in [0, 0.1) is 0 Å². The van der Waals surface area contributed by atoms with Crippen molar-refractivity contribution in [2.75, 3.05) is 5.32 Å². The predicted molar refractivity (Wildman–Crippen MR) is 142 cm³/mol. The van der Waals surface area contributed by atoms with E-state index in [9.17, 15) is 0 Å². The monoisotopic (exact) mass is 469 g/mol. The van der Waals surface area contributed by atoms with Gasteiger partial charge in [-0.05, 0) is 60.2 Å². The Morgan fingerprint density at radius 2 is 1.47 bits per heavy atom. The molecule has 0 saturated heterocycles. The van der Waals surface area contributed by atoms with Crippen molar-refractivity contribution >= 4 is 17.3 Å². The van der Waals surface area contributed by atoms with Crippen molar-refractivity contribution in [1.82, 2.24) is 19.4 Å². The van der Waals surface area contributed by atoms with E-state index in [0.717, 1.165) is 45.3 Å². The maximum Gasteiger partial charge on any atom is 0.227 e. The summed E-state index contributed by atoms with van der Waals surface area (Å²) in [6, 6.07) is 36.0. The first-order valence-corrected chi connectivity index (χ1v) is 11.7. The summed E-state index contributed by atoms with van der Waals surface area (Å²) in [7, 11) is 0. The molecule has 0 radical (unpaired) electrons. The molecular weight excluding hydrogens is 446 g/mol. The summed E-state index contributed by atoms with van der Waals surface area (Å²) < 4.78 is 8.03. The van der Waals surface area contributed by atoms with E-state index in [1.807, 2.05) is 103 Å². The Labute approximate surface area is 208 Å². The molecule has 6 aromatic rings. The minimum absolute atomic E-state index is 0.526. The lowest BCUT2D eigenvalue weighted by atomic mass is 10.1. The highest BCUT2D eigenvalue weighted by Crippen LogP contribution is 2.33. The van der Waals surface area contributed by atoms with Crippen LogP contribution in [-0.2, 0) is 6.61 Å². The van der Waals surface area contributed by atoms with E-state index < -0.39 is 0 Å². The summed E-state index contributed by atoms with van der Waals surface area (Å²) >= 11 is 0. The molecule has 3 aromatic carbocycles. The lowest BCUT2D eigenvalue weighted by Gasteiger charge is -2.09. The van der Waals surface area contributed by atoms with E-state index in [1.165, 1.54) is 0 Å². The van der Waals surface area contributed by atoms with Gasteiger partial charge in [-0.25, -0.2) is 15.0 Å². The minimum atomic E-state index is 0.526. The number of nitrogens with one attached hydrogen (secondary N) is 1. The first-order chi connectivity index (χ1) is 17.8. The second kappa shape index (κ2) is 9.72. The van der Waals surface area contributed by atoms with Crippen LogP contribution in [0.1, 0.15) is 5.56 Å². The fourth-order valence-electron chi connectivity index (χ4n) is 4.09. The number of benzene rings is 3. The number of anilines is 2. The van der Waals surface area contributed by atoms with Gasteiger partial charge in [-0.1, -0.05) is 54.6 Å². The summed E-state index contributed by atoms with van der Waals surface area (Å²) in [6.45, 7) is 0.526. The first-order valence-electron chi connectivity index (χ1n) is 11.7. The Morgan fingerprint density at radius 3 is 2.28 bits per heavy atom. The van der Waals surface area contributed by atoms with E-state index in [1.54, 1.807) is 6.20 Å². The van der Waals surface area contributed by atoms with Crippen LogP contribution in [0.5, 0.6) is 5.75 Å². The highest BCUT2D eigenvalue weighted by atomic mass is 16.5. The van der Waals surface area contributed by atoms with Crippen LogP contribution in [0.4, 0.5) is 11.6 Å². The number of ether oxygens (including phenoxy) is 1. The molecule has 3 aromatic heterocycles. The van der Waals surface area contributed by atoms with Gasteiger partial charge < -0.3 is 10.1 Å². The van der Waals surface area contributed by atoms with E-state index in [2.05, 4.69) is 26.8 Å². The fourth-order valence-corrected chi connectivity index (χ4v) is 4.09. The van der Waals surface area contributed by atoms with Crippen LogP contribution < -0.4 is 10.1 Å². The third-order valence-corrected chi connectivity index (χ3v) is 5.83. The van der Waals surface area contributed by atoms with Crippen LogP contribution in [0.25, 0.3) is 28.3 Å². The standard InChI is InChI=1S/C30H23N5O/c1-3-9-22(10-4-1)21-36-25-16-14-23(15-17-25)28-29(35-20-8-7-13-27(35)34-28)26-18-19-31-30(33-26)32-24-11-5-2-6-12-24/h1-20H,21H2,(H,31,32,33). The smallest absolute Gasteiger partial charge is 0.227 e. The number of aromatic nitrogens is 4. The molecule has 1 N–H and O–H groups in total. The third-order valence-electron chi connectivity index (χ3n) is 5.83. The van der Waals surface area contributed by atoms with Crippen LogP contribution in [0.3, 0.4) is 0 Å². The van der Waals surface area contributed by atoms with Gasteiger partial charge in [-0.15, -0.1) is 0 Å². The highest BCUT2D eigenvalue weighted by Gasteiger charge is 2.17. The third kappa shape index (κ3) is 4.52. The molecule has 0 atom stereocenters. The number of imidazole rings is 1. The van der Waals surface area contributed by atoms with Gasteiger partial charge in [0, 0.05) is 23.6 Å². The molecule has 0 unspecified atom stereocenters. The number of rotatable bonds is 7. The molecule has 6 nitrogen and oxygen atoms in total.